The van der Waals surface area contributed by atoms with Gasteiger partial charge in [0, 0.05) is 92.8 Å². The van der Waals surface area contributed by atoms with Crippen LogP contribution in [0.5, 0.6) is 23.0 Å². The first-order valence-electron chi connectivity index (χ1n) is 38.3. The zero-order valence-electron chi connectivity index (χ0n) is 61.8. The van der Waals surface area contributed by atoms with Crippen molar-refractivity contribution in [2.75, 3.05) is 92.1 Å². The molecule has 6 aliphatic rings. The first-order chi connectivity index (χ1) is 53.1. The third kappa shape index (κ3) is 16.8. The molecule has 6 fully saturated rings. The number of nitrogens with zero attached hydrogens (tertiary/aromatic N) is 5. The summed E-state index contributed by atoms with van der Waals surface area (Å²) in [6, 6.07) is 63.5. The summed E-state index contributed by atoms with van der Waals surface area (Å²) < 4.78 is 20.9. The van der Waals surface area contributed by atoms with Crippen LogP contribution in [0.1, 0.15) is 129 Å². The lowest BCUT2D eigenvalue weighted by atomic mass is 9.61. The largest absolute Gasteiger partial charge is 0.506 e. The second-order valence-electron chi connectivity index (χ2n) is 29.5. The van der Waals surface area contributed by atoms with E-state index in [1.165, 1.54) is 24.3 Å². The van der Waals surface area contributed by atoms with Gasteiger partial charge in [-0.3, -0.25) is 29.0 Å². The van der Waals surface area contributed by atoms with E-state index in [0.717, 1.165) is 91.8 Å². The van der Waals surface area contributed by atoms with Crippen molar-refractivity contribution in [1.29, 1.82) is 0 Å². The Kier molecular flexibility index (Phi) is 23.6. The van der Waals surface area contributed by atoms with E-state index < -0.39 is 29.9 Å². The molecule has 3 amide bonds. The molecule has 21 heteroatoms. The second-order valence-corrected chi connectivity index (χ2v) is 29.5. The third-order valence-corrected chi connectivity index (χ3v) is 22.7. The van der Waals surface area contributed by atoms with Gasteiger partial charge in [0.1, 0.15) is 47.9 Å². The van der Waals surface area contributed by atoms with Gasteiger partial charge >= 0.3 is 6.09 Å². The zero-order chi connectivity index (χ0) is 75.5. The number of rotatable bonds is 31. The third-order valence-electron chi connectivity index (χ3n) is 22.7. The number of pyridine rings is 2. The molecule has 21 nitrogen and oxygen atoms in total. The van der Waals surface area contributed by atoms with Crippen LogP contribution in [-0.4, -0.2) is 171 Å². The van der Waals surface area contributed by atoms with Crippen molar-refractivity contribution in [2.45, 2.75) is 88.6 Å². The highest BCUT2D eigenvalue weighted by Gasteiger charge is 2.58. The minimum Gasteiger partial charge on any atom is -0.506 e. The second kappa shape index (κ2) is 34.3. The smallest absolute Gasteiger partial charge is 0.411 e. The molecule has 2 unspecified atom stereocenters. The van der Waals surface area contributed by atoms with Crippen molar-refractivity contribution < 1.29 is 49.0 Å². The fourth-order valence-electron chi connectivity index (χ4n) is 17.1. The normalized spacial score (nSPS) is 19.3. The minimum atomic E-state index is -1.20. The van der Waals surface area contributed by atoms with Gasteiger partial charge in [0.15, 0.2) is 0 Å². The van der Waals surface area contributed by atoms with Crippen LogP contribution in [0.3, 0.4) is 0 Å². The number of hydrogen-bond donors (Lipinski definition) is 8. The van der Waals surface area contributed by atoms with Crippen LogP contribution in [0.15, 0.2) is 216 Å². The number of benzene rings is 8. The van der Waals surface area contributed by atoms with Crippen molar-refractivity contribution in [2.24, 2.45) is 17.8 Å². The summed E-state index contributed by atoms with van der Waals surface area (Å²) in [5.74, 6) is 1.05. The van der Waals surface area contributed by atoms with Gasteiger partial charge in [-0.1, -0.05) is 121 Å². The van der Waals surface area contributed by atoms with E-state index in [2.05, 4.69) is 89.9 Å². The molecule has 8 N–H and O–H groups in total. The Morgan fingerprint density at radius 3 is 1.62 bits per heavy atom. The maximum Gasteiger partial charge on any atom is 0.411 e. The molecular formula is C88H97N9O12. The lowest BCUT2D eigenvalue weighted by Gasteiger charge is -2.58. The van der Waals surface area contributed by atoms with Crippen LogP contribution in [0.25, 0.3) is 21.8 Å². The summed E-state index contributed by atoms with van der Waals surface area (Å²) in [7, 11) is 1.77. The molecule has 566 valence electrons. The molecule has 10 aromatic rings. The van der Waals surface area contributed by atoms with Gasteiger partial charge in [-0.15, -0.1) is 0 Å². The molecule has 6 atom stereocenters. The molecule has 8 heterocycles. The minimum absolute atomic E-state index is 0.0737. The Bertz CT molecular complexity index is 4950. The van der Waals surface area contributed by atoms with E-state index in [9.17, 15) is 39.6 Å². The van der Waals surface area contributed by atoms with Gasteiger partial charge in [-0.05, 0) is 214 Å². The van der Waals surface area contributed by atoms with E-state index in [-0.39, 0.29) is 95.6 Å². The summed E-state index contributed by atoms with van der Waals surface area (Å²) in [6.45, 7) is 10.4. The average molecular weight is 1470 g/mol. The Hall–Kier alpha value is -10.7. The highest BCUT2D eigenvalue weighted by Crippen LogP contribution is 2.55. The van der Waals surface area contributed by atoms with Crippen molar-refractivity contribution in [3.63, 3.8) is 0 Å². The van der Waals surface area contributed by atoms with Crippen LogP contribution >= 0.6 is 0 Å². The van der Waals surface area contributed by atoms with Crippen molar-refractivity contribution >= 4 is 39.7 Å². The van der Waals surface area contributed by atoms with Crippen LogP contribution in [-0.2, 0) is 23.5 Å². The topological polar surface area (TPSA) is 266 Å². The highest BCUT2D eigenvalue weighted by atomic mass is 16.6. The van der Waals surface area contributed by atoms with Crippen molar-refractivity contribution in [1.82, 2.24) is 45.1 Å². The first-order valence-corrected chi connectivity index (χ1v) is 38.3. The first kappa shape index (κ1) is 75.2. The van der Waals surface area contributed by atoms with E-state index in [4.69, 9.17) is 14.2 Å². The van der Waals surface area contributed by atoms with Crippen LogP contribution < -0.4 is 31.2 Å². The molecular weight excluding hydrogens is 1380 g/mol. The molecule has 16 rings (SSSR count). The lowest BCUT2D eigenvalue weighted by molar-refractivity contribution is -0.0808. The highest BCUT2D eigenvalue weighted by molar-refractivity contribution is 5.95. The number of nitrogens with one attached hydrogen (secondary N) is 4. The molecule has 0 aliphatic carbocycles. The number of aromatic hydroxyl groups is 2. The van der Waals surface area contributed by atoms with E-state index >= 15 is 4.79 Å². The number of aromatic nitrogens is 2. The Labute approximate surface area is 634 Å². The number of aliphatic hydroxyl groups excluding tert-OH is 2. The predicted octanol–water partition coefficient (Wildman–Crippen LogP) is 11.8. The van der Waals surface area contributed by atoms with Crippen molar-refractivity contribution in [3.05, 3.63) is 283 Å². The van der Waals surface area contributed by atoms with Gasteiger partial charge in [0.2, 0.25) is 11.1 Å². The number of aliphatic hydroxyl groups is 2. The lowest BCUT2D eigenvalue weighted by Crippen LogP contribution is -2.64. The molecule has 4 bridgehead atoms. The number of ether oxygens (including phenoxy) is 3. The van der Waals surface area contributed by atoms with E-state index in [1.54, 1.807) is 42.3 Å². The number of carbonyl (C=O) groups excluding carboxylic acids is 3. The van der Waals surface area contributed by atoms with Gasteiger partial charge in [0.25, 0.3) is 11.8 Å². The Morgan fingerprint density at radius 1 is 0.550 bits per heavy atom. The number of H-pyrrole nitrogens is 2. The SMILES string of the molecule is CCN(CCCNC[C@@H](O)c1ccc(O)c2[nH]c(=O)ccc12)C(=O)c1cccc(COc2cccc(C(c3ccccc3)([C@H]3CN4CCC3CC4)N(C(=O)O[C@H]3CN4CCC3CC4)C(c3ccccc3)c3cccc(OCc4cccc(C(=O)N(C)CCCNC[C@@H](O)c5ccc(O)c6[nH]c(=O)ccc56)c4)c3)c2)c1. The number of piperidine rings is 6. The molecule has 6 saturated heterocycles. The molecule has 0 saturated carbocycles. The van der Waals surface area contributed by atoms with Gasteiger partial charge in [-0.2, -0.15) is 0 Å². The van der Waals surface area contributed by atoms with E-state index in [0.29, 0.717) is 96.6 Å². The number of aromatic amines is 2. The number of amides is 3. The Balaban J connectivity index is 0.718. The van der Waals surface area contributed by atoms with Gasteiger partial charge in [-0.25, -0.2) is 4.79 Å². The quantitative estimate of drug-likeness (QED) is 0.0188. The molecule has 109 heavy (non-hydrogen) atoms. The maximum atomic E-state index is 16.9. The summed E-state index contributed by atoms with van der Waals surface area (Å²) in [4.78, 5) is 85.1. The van der Waals surface area contributed by atoms with Crippen LogP contribution in [0.2, 0.25) is 0 Å². The number of carbonyl (C=O) groups is 3. The van der Waals surface area contributed by atoms with Gasteiger partial charge in [0.05, 0.1) is 29.3 Å². The monoisotopic (exact) mass is 1470 g/mol. The molecule has 6 aliphatic heterocycles. The van der Waals surface area contributed by atoms with Crippen molar-refractivity contribution in [3.8, 4) is 23.0 Å². The number of hydrogen-bond acceptors (Lipinski definition) is 16. The Morgan fingerprint density at radius 2 is 1.06 bits per heavy atom. The predicted molar refractivity (Wildman–Crippen MR) is 420 cm³/mol. The molecule has 2 aromatic heterocycles. The van der Waals surface area contributed by atoms with Crippen LogP contribution in [0.4, 0.5) is 4.79 Å². The summed E-state index contributed by atoms with van der Waals surface area (Å²) >= 11 is 0. The maximum absolute atomic E-state index is 16.9. The standard InChI is InChI=1S/C88H97N9O12/c1-3-96(43-15-41-90-53-78(101)71-29-33-76(99)83-73(71)31-35-81(103)92-83)86(105)65-22-11-17-59(49-65)57-108-69-27-13-25-67(51-69)88(66-23-8-5-9-24-66,74-54-94-44-36-60(74)37-45-94)97(87(106)109-79-55-95-46-38-61(79)39-47-95)84(62-18-6-4-7-19-62)63-20-12-26-68(50-63)107-56-58-16-10-21-64(48-58)85(104)93(2)42-14-40-89-52-77(100)70-28-32-75(98)82-72(70)30-34-80(102)91-82/h4-13,16-35,48-51,60-61,74,77-79,84,89-90,98-101H,3,14-15,36-47,52-57H2,1-2H3,(H,91,102)(H,92,103)/t74-,77+,78+,79-,84?,88?/m0/s1. The summed E-state index contributed by atoms with van der Waals surface area (Å²) in [6.07, 6.45) is 2.48. The number of phenols is 2. The zero-order valence-corrected chi connectivity index (χ0v) is 61.8. The fourth-order valence-corrected chi connectivity index (χ4v) is 17.1. The van der Waals surface area contributed by atoms with E-state index in [1.807, 2.05) is 109 Å². The summed E-state index contributed by atoms with van der Waals surface area (Å²) in [5, 5.41) is 50.7. The van der Waals surface area contributed by atoms with Crippen LogP contribution in [0, 0.1) is 17.8 Å². The van der Waals surface area contributed by atoms with Gasteiger partial charge < -0.3 is 69.9 Å². The number of fused-ring (bicyclic) bond motifs is 8. The average Bonchev–Trinajstić information content (AvgIpc) is 0.705. The number of phenolic OH excluding ortho intramolecular Hbond substituents is 2. The molecule has 8 aromatic carbocycles. The molecule has 0 radical (unpaired) electrons. The fraction of sp³-hybridized carbons (Fsp3) is 0.352. The molecule has 0 spiro atoms. The summed E-state index contributed by atoms with van der Waals surface area (Å²) in [5.41, 5.74) is 5.95.